The molecule has 0 saturated carbocycles. The van der Waals surface area contributed by atoms with E-state index in [9.17, 15) is 4.79 Å². The van der Waals surface area contributed by atoms with Gasteiger partial charge < -0.3 is 10.1 Å². The summed E-state index contributed by atoms with van der Waals surface area (Å²) in [5.41, 5.74) is 0.797. The fourth-order valence-corrected chi connectivity index (χ4v) is 1.00. The van der Waals surface area contributed by atoms with E-state index in [2.05, 4.69) is 10.1 Å². The van der Waals surface area contributed by atoms with Crippen LogP contribution in [0.25, 0.3) is 0 Å². The fraction of sp³-hybridized carbons (Fsp3) is 0.417. The monoisotopic (exact) mass is 211 g/mol. The van der Waals surface area contributed by atoms with E-state index < -0.39 is 18.8 Å². The third kappa shape index (κ3) is 5.18. The first-order valence-corrected chi connectivity index (χ1v) is 4.77. The van der Waals surface area contributed by atoms with Crippen molar-refractivity contribution >= 4 is 5.97 Å². The van der Waals surface area contributed by atoms with Crippen LogP contribution in [-0.2, 0) is 16.1 Å². The van der Waals surface area contributed by atoms with Crippen LogP contribution >= 0.6 is 0 Å². The second-order valence-corrected chi connectivity index (χ2v) is 2.81. The molecule has 1 rings (SSSR count). The van der Waals surface area contributed by atoms with Crippen molar-refractivity contribution in [2.45, 2.75) is 19.8 Å². The van der Waals surface area contributed by atoms with Gasteiger partial charge in [0.2, 0.25) is 0 Å². The van der Waals surface area contributed by atoms with Gasteiger partial charge in [-0.3, -0.25) is 4.79 Å². The molecular formula is C12H17NO2. The highest BCUT2D eigenvalue weighted by Gasteiger charge is 1.99. The molecule has 0 aliphatic carbocycles. The molecule has 0 fully saturated rings. The number of carbonyl (C=O) groups excluding carboxylic acids is 1. The van der Waals surface area contributed by atoms with E-state index in [1.165, 1.54) is 0 Å². The van der Waals surface area contributed by atoms with Gasteiger partial charge in [0.1, 0.15) is 0 Å². The Kier molecular flexibility index (Phi) is 3.28. The predicted octanol–water partition coefficient (Wildman–Crippen LogP) is 1.73. The first-order valence-electron chi connectivity index (χ1n) is 6.77. The third-order valence-electron chi connectivity index (χ3n) is 1.66. The van der Waals surface area contributed by atoms with Crippen LogP contribution < -0.4 is 5.32 Å². The number of benzene rings is 1. The average Bonchev–Trinajstić information content (AvgIpc) is 2.38. The van der Waals surface area contributed by atoms with Crippen LogP contribution in [0.5, 0.6) is 0 Å². The minimum Gasteiger partial charge on any atom is -0.466 e. The van der Waals surface area contributed by atoms with Gasteiger partial charge in [0.25, 0.3) is 0 Å². The summed E-state index contributed by atoms with van der Waals surface area (Å²) in [4.78, 5) is 11.4. The molecule has 0 aliphatic heterocycles. The molecule has 0 aliphatic rings. The number of esters is 1. The molecule has 0 spiro atoms. The first-order chi connectivity index (χ1) is 8.81. The molecule has 1 N–H and O–H groups in total. The third-order valence-corrected chi connectivity index (χ3v) is 1.66. The molecule has 0 heterocycles. The van der Waals surface area contributed by atoms with Crippen LogP contribution in [0, 0.1) is 0 Å². The molecular weight excluding hydrogens is 190 g/mol. The summed E-state index contributed by atoms with van der Waals surface area (Å²) < 4.78 is 35.0. The molecule has 0 amide bonds. The molecule has 0 saturated heterocycles. The Bertz CT molecular complexity index is 423. The Morgan fingerprint density at radius 3 is 2.87 bits per heavy atom. The standard InChI is InChI=1S/C12H17NO2/c1-2-15-12(14)8-9-13-10-11-6-4-3-5-7-11/h3-7,13H,2,8-10H2,1H3/i8D2,9D2. The van der Waals surface area contributed by atoms with E-state index in [4.69, 9.17) is 5.48 Å². The van der Waals surface area contributed by atoms with Crippen molar-refractivity contribution in [3.8, 4) is 0 Å². The molecule has 0 atom stereocenters. The van der Waals surface area contributed by atoms with E-state index in [-0.39, 0.29) is 13.2 Å². The molecule has 1 aromatic carbocycles. The normalized spacial score (nSPS) is 15.8. The Morgan fingerprint density at radius 1 is 1.47 bits per heavy atom. The summed E-state index contributed by atoms with van der Waals surface area (Å²) in [6, 6.07) is 8.99. The Labute approximate surface area is 96.1 Å². The van der Waals surface area contributed by atoms with Gasteiger partial charge in [-0.2, -0.15) is 0 Å². The molecule has 0 aromatic heterocycles. The highest BCUT2D eigenvalue weighted by molar-refractivity contribution is 5.69. The highest BCUT2D eigenvalue weighted by atomic mass is 16.5. The molecule has 0 bridgehead atoms. The van der Waals surface area contributed by atoms with Crippen LogP contribution in [0.2, 0.25) is 0 Å². The molecule has 3 heteroatoms. The second-order valence-electron chi connectivity index (χ2n) is 2.81. The first kappa shape index (κ1) is 7.01. The molecule has 0 radical (unpaired) electrons. The Morgan fingerprint density at radius 2 is 2.20 bits per heavy atom. The predicted molar refractivity (Wildman–Crippen MR) is 59.4 cm³/mol. The lowest BCUT2D eigenvalue weighted by molar-refractivity contribution is -0.142. The van der Waals surface area contributed by atoms with Crippen molar-refractivity contribution < 1.29 is 15.0 Å². The van der Waals surface area contributed by atoms with Crippen molar-refractivity contribution in [3.63, 3.8) is 0 Å². The van der Waals surface area contributed by atoms with Crippen LogP contribution in [0.1, 0.15) is 24.3 Å². The quantitative estimate of drug-likeness (QED) is 0.728. The number of rotatable bonds is 6. The summed E-state index contributed by atoms with van der Waals surface area (Å²) in [5, 5.41) is 2.41. The smallest absolute Gasteiger partial charge is 0.307 e. The SMILES string of the molecule is [2H]C([2H])(NCc1ccccc1)C([2H])([2H])C(=O)OCC. The summed E-state index contributed by atoms with van der Waals surface area (Å²) in [6.07, 6.45) is -2.75. The number of carbonyl (C=O) groups is 1. The lowest BCUT2D eigenvalue weighted by atomic mass is 10.2. The van der Waals surface area contributed by atoms with Crippen molar-refractivity contribution in [1.29, 1.82) is 0 Å². The van der Waals surface area contributed by atoms with Crippen LogP contribution in [0.4, 0.5) is 0 Å². The van der Waals surface area contributed by atoms with E-state index in [1.54, 1.807) is 31.2 Å². The summed E-state index contributed by atoms with van der Waals surface area (Å²) in [5.74, 6) is -1.21. The van der Waals surface area contributed by atoms with Crippen molar-refractivity contribution in [2.24, 2.45) is 0 Å². The van der Waals surface area contributed by atoms with E-state index in [0.717, 1.165) is 5.56 Å². The van der Waals surface area contributed by atoms with Crippen LogP contribution in [-0.4, -0.2) is 19.1 Å². The van der Waals surface area contributed by atoms with Gasteiger partial charge in [-0.1, -0.05) is 30.3 Å². The lowest BCUT2D eigenvalue weighted by Gasteiger charge is -2.04. The largest absolute Gasteiger partial charge is 0.466 e. The number of hydrogen-bond acceptors (Lipinski definition) is 3. The lowest BCUT2D eigenvalue weighted by Crippen LogP contribution is -2.18. The number of hydrogen-bond donors (Lipinski definition) is 1. The topological polar surface area (TPSA) is 38.3 Å². The van der Waals surface area contributed by atoms with Crippen molar-refractivity contribution in [1.82, 2.24) is 5.32 Å². The Hall–Kier alpha value is -1.35. The zero-order valence-corrected chi connectivity index (χ0v) is 8.62. The second kappa shape index (κ2) is 7.01. The van der Waals surface area contributed by atoms with Gasteiger partial charge >= 0.3 is 5.97 Å². The maximum Gasteiger partial charge on any atom is 0.307 e. The van der Waals surface area contributed by atoms with Crippen molar-refractivity contribution in [3.05, 3.63) is 35.9 Å². The van der Waals surface area contributed by atoms with Crippen molar-refractivity contribution in [2.75, 3.05) is 13.1 Å². The zero-order chi connectivity index (χ0) is 14.5. The average molecular weight is 211 g/mol. The summed E-state index contributed by atoms with van der Waals surface area (Å²) >= 11 is 0. The molecule has 82 valence electrons. The molecule has 3 nitrogen and oxygen atoms in total. The summed E-state index contributed by atoms with van der Waals surface area (Å²) in [7, 11) is 0. The maximum absolute atomic E-state index is 11.4. The van der Waals surface area contributed by atoms with Gasteiger partial charge in [0.15, 0.2) is 0 Å². The van der Waals surface area contributed by atoms with Gasteiger partial charge in [0.05, 0.1) is 13.0 Å². The van der Waals surface area contributed by atoms with Crippen LogP contribution in [0.3, 0.4) is 0 Å². The van der Waals surface area contributed by atoms with Gasteiger partial charge in [-0.05, 0) is 12.5 Å². The van der Waals surface area contributed by atoms with Gasteiger partial charge in [-0.25, -0.2) is 0 Å². The van der Waals surface area contributed by atoms with E-state index in [1.807, 2.05) is 6.07 Å². The highest BCUT2D eigenvalue weighted by Crippen LogP contribution is 1.97. The maximum atomic E-state index is 11.4. The van der Waals surface area contributed by atoms with Gasteiger partial charge in [-0.15, -0.1) is 0 Å². The van der Waals surface area contributed by atoms with E-state index in [0.29, 0.717) is 0 Å². The minimum absolute atomic E-state index is 0.00705. The summed E-state index contributed by atoms with van der Waals surface area (Å²) in [6.45, 7) is -0.851. The minimum atomic E-state index is -2.75. The zero-order valence-electron chi connectivity index (χ0n) is 12.6. The van der Waals surface area contributed by atoms with Crippen LogP contribution in [0.15, 0.2) is 30.3 Å². The number of nitrogens with one attached hydrogen (secondary N) is 1. The molecule has 1 aromatic rings. The van der Waals surface area contributed by atoms with E-state index >= 15 is 0 Å². The molecule has 15 heavy (non-hydrogen) atoms. The number of ether oxygens (including phenoxy) is 1. The fourth-order valence-electron chi connectivity index (χ4n) is 1.00. The van der Waals surface area contributed by atoms with Gasteiger partial charge in [0, 0.05) is 18.5 Å². The Balaban J connectivity index is 2.71. The molecule has 0 unspecified atom stereocenters.